The van der Waals surface area contributed by atoms with Gasteiger partial charge >= 0.3 is 0 Å². The summed E-state index contributed by atoms with van der Waals surface area (Å²) in [7, 11) is 2.15. The van der Waals surface area contributed by atoms with E-state index in [2.05, 4.69) is 42.9 Å². The molecular weight excluding hydrogens is 268 g/mol. The summed E-state index contributed by atoms with van der Waals surface area (Å²) >= 11 is 1.65. The Bertz CT molecular complexity index is 494. The Morgan fingerprint density at radius 3 is 2.60 bits per heavy atom. The molecule has 0 spiro atoms. The fourth-order valence-electron chi connectivity index (χ4n) is 1.82. The first-order valence-electron chi connectivity index (χ1n) is 7.00. The zero-order chi connectivity index (χ0) is 14.4. The number of ether oxygens (including phenoxy) is 1. The molecule has 2 rings (SSSR count). The van der Waals surface area contributed by atoms with Gasteiger partial charge in [0, 0.05) is 29.7 Å². The van der Waals surface area contributed by atoms with Crippen LogP contribution in [-0.4, -0.2) is 36.1 Å². The van der Waals surface area contributed by atoms with Gasteiger partial charge in [0.2, 0.25) is 0 Å². The van der Waals surface area contributed by atoms with Gasteiger partial charge in [-0.05, 0) is 51.6 Å². The third-order valence-corrected chi connectivity index (χ3v) is 4.16. The zero-order valence-electron chi connectivity index (χ0n) is 12.4. The second-order valence-electron chi connectivity index (χ2n) is 5.14. The highest BCUT2D eigenvalue weighted by Crippen LogP contribution is 2.24. The number of thiazole rings is 1. The fraction of sp³-hybridized carbons (Fsp3) is 0.438. The van der Waals surface area contributed by atoms with Crippen molar-refractivity contribution >= 4 is 11.3 Å². The van der Waals surface area contributed by atoms with Crippen LogP contribution in [0.25, 0.3) is 10.6 Å². The van der Waals surface area contributed by atoms with Crippen LogP contribution in [0.1, 0.15) is 20.3 Å². The van der Waals surface area contributed by atoms with Crippen LogP contribution in [-0.2, 0) is 0 Å². The SMILES string of the molecule is CC(C)N(C)CCCOc1ccc(-c2nccs2)cc1. The molecule has 0 aliphatic carbocycles. The Morgan fingerprint density at radius 2 is 2.00 bits per heavy atom. The molecular formula is C16H22N2OS. The molecule has 1 aromatic heterocycles. The van der Waals surface area contributed by atoms with E-state index in [9.17, 15) is 0 Å². The summed E-state index contributed by atoms with van der Waals surface area (Å²) < 4.78 is 5.76. The molecule has 0 N–H and O–H groups in total. The predicted octanol–water partition coefficient (Wildman–Crippen LogP) is 3.92. The van der Waals surface area contributed by atoms with Gasteiger partial charge < -0.3 is 9.64 Å². The molecule has 0 aliphatic rings. The van der Waals surface area contributed by atoms with Crippen molar-refractivity contribution in [2.24, 2.45) is 0 Å². The lowest BCUT2D eigenvalue weighted by atomic mass is 10.2. The second kappa shape index (κ2) is 7.41. The average Bonchev–Trinajstić information content (AvgIpc) is 2.98. The van der Waals surface area contributed by atoms with E-state index in [1.54, 1.807) is 11.3 Å². The van der Waals surface area contributed by atoms with Gasteiger partial charge in [-0.1, -0.05) is 0 Å². The lowest BCUT2D eigenvalue weighted by Crippen LogP contribution is -2.28. The molecule has 0 bridgehead atoms. The van der Waals surface area contributed by atoms with Gasteiger partial charge in [0.25, 0.3) is 0 Å². The smallest absolute Gasteiger partial charge is 0.123 e. The molecule has 1 aromatic carbocycles. The lowest BCUT2D eigenvalue weighted by Gasteiger charge is -2.20. The normalized spacial score (nSPS) is 11.2. The minimum Gasteiger partial charge on any atom is -0.494 e. The molecule has 0 aliphatic heterocycles. The van der Waals surface area contributed by atoms with Crippen molar-refractivity contribution in [3.8, 4) is 16.3 Å². The standard InChI is InChI=1S/C16H22N2OS/c1-13(2)18(3)10-4-11-19-15-7-5-14(6-8-15)16-17-9-12-20-16/h5-9,12-13H,4,10-11H2,1-3H3. The third-order valence-electron chi connectivity index (χ3n) is 3.34. The van der Waals surface area contributed by atoms with E-state index in [4.69, 9.17) is 4.74 Å². The minimum absolute atomic E-state index is 0.590. The van der Waals surface area contributed by atoms with Gasteiger partial charge in [-0.25, -0.2) is 4.98 Å². The highest BCUT2D eigenvalue weighted by atomic mass is 32.1. The highest BCUT2D eigenvalue weighted by Gasteiger charge is 2.03. The maximum absolute atomic E-state index is 5.76. The van der Waals surface area contributed by atoms with Crippen LogP contribution in [0.15, 0.2) is 35.8 Å². The van der Waals surface area contributed by atoms with Crippen molar-refractivity contribution < 1.29 is 4.74 Å². The minimum atomic E-state index is 0.590. The van der Waals surface area contributed by atoms with Gasteiger partial charge in [0.1, 0.15) is 10.8 Å². The highest BCUT2D eigenvalue weighted by molar-refractivity contribution is 7.13. The molecule has 108 valence electrons. The van der Waals surface area contributed by atoms with Gasteiger partial charge in [-0.3, -0.25) is 0 Å². The van der Waals surface area contributed by atoms with Crippen molar-refractivity contribution in [3.05, 3.63) is 35.8 Å². The van der Waals surface area contributed by atoms with Crippen LogP contribution in [0.3, 0.4) is 0 Å². The molecule has 0 saturated heterocycles. The van der Waals surface area contributed by atoms with E-state index < -0.39 is 0 Å². The Hall–Kier alpha value is -1.39. The number of aromatic nitrogens is 1. The van der Waals surface area contributed by atoms with E-state index in [-0.39, 0.29) is 0 Å². The topological polar surface area (TPSA) is 25.4 Å². The van der Waals surface area contributed by atoms with E-state index in [0.717, 1.165) is 35.9 Å². The molecule has 0 unspecified atom stereocenters. The monoisotopic (exact) mass is 290 g/mol. The summed E-state index contributed by atoms with van der Waals surface area (Å²) in [4.78, 5) is 6.63. The maximum atomic E-state index is 5.76. The third kappa shape index (κ3) is 4.32. The molecule has 0 amide bonds. The summed E-state index contributed by atoms with van der Waals surface area (Å²) in [5.41, 5.74) is 1.15. The van der Waals surface area contributed by atoms with Crippen molar-refractivity contribution in [1.82, 2.24) is 9.88 Å². The van der Waals surface area contributed by atoms with E-state index in [0.29, 0.717) is 6.04 Å². The first kappa shape index (κ1) is 15.0. The summed E-state index contributed by atoms with van der Waals surface area (Å²) in [6.45, 7) is 6.24. The molecule has 3 nitrogen and oxygen atoms in total. The Kier molecular flexibility index (Phi) is 5.56. The molecule has 0 atom stereocenters. The van der Waals surface area contributed by atoms with Crippen LogP contribution in [0.2, 0.25) is 0 Å². The Balaban J connectivity index is 1.77. The van der Waals surface area contributed by atoms with Gasteiger partial charge in [0.05, 0.1) is 6.61 Å². The number of rotatable bonds is 7. The van der Waals surface area contributed by atoms with Gasteiger partial charge in [0.15, 0.2) is 0 Å². The number of benzene rings is 1. The Morgan fingerprint density at radius 1 is 1.25 bits per heavy atom. The molecule has 0 fully saturated rings. The van der Waals surface area contributed by atoms with Crippen molar-refractivity contribution in [1.29, 1.82) is 0 Å². The first-order valence-corrected chi connectivity index (χ1v) is 7.88. The number of nitrogens with zero attached hydrogens (tertiary/aromatic N) is 2. The summed E-state index contributed by atoms with van der Waals surface area (Å²) in [6, 6.07) is 8.75. The van der Waals surface area contributed by atoms with Gasteiger partial charge in [-0.15, -0.1) is 11.3 Å². The molecule has 0 radical (unpaired) electrons. The van der Waals surface area contributed by atoms with Gasteiger partial charge in [-0.2, -0.15) is 0 Å². The van der Waals surface area contributed by atoms with Crippen molar-refractivity contribution in [2.75, 3.05) is 20.2 Å². The van der Waals surface area contributed by atoms with E-state index in [1.807, 2.05) is 23.7 Å². The van der Waals surface area contributed by atoms with Crippen molar-refractivity contribution in [3.63, 3.8) is 0 Å². The van der Waals surface area contributed by atoms with E-state index >= 15 is 0 Å². The van der Waals surface area contributed by atoms with Crippen LogP contribution < -0.4 is 4.74 Å². The average molecular weight is 290 g/mol. The molecule has 20 heavy (non-hydrogen) atoms. The molecule has 0 saturated carbocycles. The van der Waals surface area contributed by atoms with Crippen LogP contribution in [0.5, 0.6) is 5.75 Å². The van der Waals surface area contributed by atoms with Crippen LogP contribution in [0.4, 0.5) is 0 Å². The second-order valence-corrected chi connectivity index (χ2v) is 6.03. The number of hydrogen-bond donors (Lipinski definition) is 0. The lowest BCUT2D eigenvalue weighted by molar-refractivity contribution is 0.234. The Labute approximate surface area is 125 Å². The maximum Gasteiger partial charge on any atom is 0.123 e. The first-order chi connectivity index (χ1) is 9.66. The molecule has 2 aromatic rings. The molecule has 1 heterocycles. The quantitative estimate of drug-likeness (QED) is 0.723. The largest absolute Gasteiger partial charge is 0.494 e. The molecule has 4 heteroatoms. The fourth-order valence-corrected chi connectivity index (χ4v) is 2.47. The summed E-state index contributed by atoms with van der Waals surface area (Å²) in [6.07, 6.45) is 2.87. The van der Waals surface area contributed by atoms with Crippen molar-refractivity contribution in [2.45, 2.75) is 26.3 Å². The zero-order valence-corrected chi connectivity index (χ0v) is 13.2. The van der Waals surface area contributed by atoms with Crippen LogP contribution in [0, 0.1) is 0 Å². The number of hydrogen-bond acceptors (Lipinski definition) is 4. The summed E-state index contributed by atoms with van der Waals surface area (Å²) in [5, 5.41) is 3.04. The predicted molar refractivity (Wildman–Crippen MR) is 85.4 cm³/mol. The summed E-state index contributed by atoms with van der Waals surface area (Å²) in [5.74, 6) is 0.928. The van der Waals surface area contributed by atoms with Crippen LogP contribution >= 0.6 is 11.3 Å². The van der Waals surface area contributed by atoms with E-state index in [1.165, 1.54) is 0 Å².